The summed E-state index contributed by atoms with van der Waals surface area (Å²) in [6.45, 7) is 1.77. The average Bonchev–Trinajstić information content (AvgIpc) is 3.05. The zero-order valence-electron chi connectivity index (χ0n) is 16.5. The van der Waals surface area contributed by atoms with Crippen LogP contribution in [0, 0.1) is 23.4 Å². The van der Waals surface area contributed by atoms with E-state index in [-0.39, 0.29) is 41.7 Å². The Balaban J connectivity index is 1.67. The Kier molecular flexibility index (Phi) is 5.56. The van der Waals surface area contributed by atoms with Crippen molar-refractivity contribution in [3.63, 3.8) is 0 Å². The topological polar surface area (TPSA) is 65.1 Å². The molecule has 1 aromatic heterocycles. The third-order valence-electron chi connectivity index (χ3n) is 5.97. The lowest BCUT2D eigenvalue weighted by Crippen LogP contribution is -2.44. The standard InChI is InChI=1S/C23H23F3N2O2/c1-2-17(11-29)27-23(30)14-7-13(8-14)20-18-9-16(25)10-19(26)22(18)28-21(20)12-3-5-15(24)6-4-12/h3-6,9-10,13-14,17,28-29H,2,7-8,11H2,1H3,(H,27,30)/t13-,14-,17-/m0/s1. The van der Waals surface area contributed by atoms with Gasteiger partial charge in [0, 0.05) is 17.4 Å². The number of benzene rings is 2. The summed E-state index contributed by atoms with van der Waals surface area (Å²) < 4.78 is 41.8. The molecule has 1 saturated carbocycles. The van der Waals surface area contributed by atoms with Gasteiger partial charge in [-0.1, -0.05) is 6.92 Å². The van der Waals surface area contributed by atoms with Crippen LogP contribution in [0.2, 0.25) is 0 Å². The molecule has 3 aromatic rings. The van der Waals surface area contributed by atoms with Crippen molar-refractivity contribution in [2.24, 2.45) is 5.92 Å². The minimum Gasteiger partial charge on any atom is -0.394 e. The molecule has 1 amide bonds. The lowest BCUT2D eigenvalue weighted by atomic mass is 9.69. The van der Waals surface area contributed by atoms with Crippen LogP contribution in [-0.2, 0) is 4.79 Å². The smallest absolute Gasteiger partial charge is 0.223 e. The highest BCUT2D eigenvalue weighted by Crippen LogP contribution is 2.48. The van der Waals surface area contributed by atoms with E-state index < -0.39 is 11.6 Å². The highest BCUT2D eigenvalue weighted by molar-refractivity contribution is 5.92. The van der Waals surface area contributed by atoms with Gasteiger partial charge in [0.1, 0.15) is 17.5 Å². The van der Waals surface area contributed by atoms with Crippen molar-refractivity contribution >= 4 is 16.8 Å². The van der Waals surface area contributed by atoms with Crippen LogP contribution in [0.4, 0.5) is 13.2 Å². The molecule has 1 aliphatic carbocycles. The number of amides is 1. The highest BCUT2D eigenvalue weighted by atomic mass is 19.1. The summed E-state index contributed by atoms with van der Waals surface area (Å²) in [5.41, 5.74) is 2.22. The molecule has 1 heterocycles. The number of carbonyl (C=O) groups excluding carboxylic acids is 1. The van der Waals surface area contributed by atoms with E-state index in [2.05, 4.69) is 10.3 Å². The molecule has 1 aliphatic rings. The molecule has 4 nitrogen and oxygen atoms in total. The van der Waals surface area contributed by atoms with Crippen molar-refractivity contribution in [1.29, 1.82) is 0 Å². The van der Waals surface area contributed by atoms with Crippen molar-refractivity contribution in [2.75, 3.05) is 6.61 Å². The normalized spacial score (nSPS) is 19.5. The van der Waals surface area contributed by atoms with E-state index in [1.807, 2.05) is 6.92 Å². The molecule has 3 N–H and O–H groups in total. The van der Waals surface area contributed by atoms with Crippen LogP contribution in [0.3, 0.4) is 0 Å². The largest absolute Gasteiger partial charge is 0.394 e. The summed E-state index contributed by atoms with van der Waals surface area (Å²) in [6, 6.07) is 7.66. The SMILES string of the molecule is CC[C@@H](CO)NC(=O)[C@H]1C[C@H](c2c(-c3ccc(F)cc3)[nH]c3c(F)cc(F)cc32)C1. The minimum absolute atomic E-state index is 0.0649. The van der Waals surface area contributed by atoms with E-state index in [1.54, 1.807) is 12.1 Å². The first-order valence-corrected chi connectivity index (χ1v) is 10.1. The highest BCUT2D eigenvalue weighted by Gasteiger charge is 2.38. The molecule has 0 aliphatic heterocycles. The molecule has 4 rings (SSSR count). The number of hydrogen-bond acceptors (Lipinski definition) is 2. The fourth-order valence-corrected chi connectivity index (χ4v) is 4.17. The summed E-state index contributed by atoms with van der Waals surface area (Å²) in [4.78, 5) is 15.5. The third kappa shape index (κ3) is 3.69. The first kappa shape index (κ1) is 20.5. The Bertz CT molecular complexity index is 1070. The number of aromatic amines is 1. The number of aliphatic hydroxyl groups is 1. The van der Waals surface area contributed by atoms with Crippen LogP contribution in [0.5, 0.6) is 0 Å². The van der Waals surface area contributed by atoms with E-state index in [0.29, 0.717) is 35.9 Å². The molecule has 2 aromatic carbocycles. The predicted octanol–water partition coefficient (Wildman–Crippen LogP) is 4.63. The van der Waals surface area contributed by atoms with E-state index in [0.717, 1.165) is 11.6 Å². The van der Waals surface area contributed by atoms with Crippen LogP contribution in [-0.4, -0.2) is 28.6 Å². The van der Waals surface area contributed by atoms with Crippen molar-refractivity contribution in [2.45, 2.75) is 38.1 Å². The Hall–Kier alpha value is -2.80. The zero-order chi connectivity index (χ0) is 21.4. The predicted molar refractivity (Wildman–Crippen MR) is 108 cm³/mol. The number of H-pyrrole nitrogens is 1. The Morgan fingerprint density at radius 2 is 1.87 bits per heavy atom. The van der Waals surface area contributed by atoms with Gasteiger partial charge in [-0.3, -0.25) is 4.79 Å². The number of rotatable bonds is 6. The van der Waals surface area contributed by atoms with Gasteiger partial charge in [-0.25, -0.2) is 13.2 Å². The van der Waals surface area contributed by atoms with E-state index in [9.17, 15) is 23.1 Å². The third-order valence-corrected chi connectivity index (χ3v) is 5.97. The maximum atomic E-state index is 14.4. The Morgan fingerprint density at radius 1 is 1.17 bits per heavy atom. The molecule has 1 atom stereocenters. The maximum absolute atomic E-state index is 14.4. The van der Waals surface area contributed by atoms with Crippen LogP contribution >= 0.6 is 0 Å². The van der Waals surface area contributed by atoms with Crippen molar-refractivity contribution in [1.82, 2.24) is 10.3 Å². The van der Waals surface area contributed by atoms with Crippen LogP contribution in [0.1, 0.15) is 37.7 Å². The minimum atomic E-state index is -0.693. The van der Waals surface area contributed by atoms with Gasteiger partial charge in [-0.2, -0.15) is 0 Å². The Labute approximate surface area is 172 Å². The summed E-state index contributed by atoms with van der Waals surface area (Å²) >= 11 is 0. The molecule has 0 bridgehead atoms. The first-order valence-electron chi connectivity index (χ1n) is 10.1. The molecule has 1 fully saturated rings. The summed E-state index contributed by atoms with van der Waals surface area (Å²) in [7, 11) is 0. The van der Waals surface area contributed by atoms with E-state index in [1.165, 1.54) is 18.2 Å². The summed E-state index contributed by atoms with van der Waals surface area (Å²) in [6.07, 6.45) is 1.70. The molecule has 0 saturated heterocycles. The number of fused-ring (bicyclic) bond motifs is 1. The van der Waals surface area contributed by atoms with Gasteiger partial charge >= 0.3 is 0 Å². The second-order valence-corrected chi connectivity index (χ2v) is 7.89. The second kappa shape index (κ2) is 8.14. The molecule has 30 heavy (non-hydrogen) atoms. The molecule has 0 radical (unpaired) electrons. The zero-order valence-corrected chi connectivity index (χ0v) is 16.5. The quantitative estimate of drug-likeness (QED) is 0.548. The molecular weight excluding hydrogens is 393 g/mol. The molecule has 158 valence electrons. The summed E-state index contributed by atoms with van der Waals surface area (Å²) in [5, 5.41) is 12.6. The van der Waals surface area contributed by atoms with E-state index >= 15 is 0 Å². The van der Waals surface area contributed by atoms with Crippen molar-refractivity contribution in [3.05, 3.63) is 59.4 Å². The number of carbonyl (C=O) groups is 1. The maximum Gasteiger partial charge on any atom is 0.223 e. The molecular formula is C23H23F3N2O2. The van der Waals surface area contributed by atoms with Crippen LogP contribution in [0.15, 0.2) is 36.4 Å². The number of aromatic nitrogens is 1. The van der Waals surface area contributed by atoms with Crippen molar-refractivity contribution < 1.29 is 23.1 Å². The molecule has 0 unspecified atom stereocenters. The van der Waals surface area contributed by atoms with Gasteiger partial charge in [0.05, 0.1) is 23.9 Å². The van der Waals surface area contributed by atoms with Gasteiger partial charge in [-0.15, -0.1) is 0 Å². The van der Waals surface area contributed by atoms with Gasteiger partial charge in [0.2, 0.25) is 5.91 Å². The lowest BCUT2D eigenvalue weighted by Gasteiger charge is -2.35. The fourth-order valence-electron chi connectivity index (χ4n) is 4.17. The Morgan fingerprint density at radius 3 is 2.50 bits per heavy atom. The first-order chi connectivity index (χ1) is 14.4. The summed E-state index contributed by atoms with van der Waals surface area (Å²) in [5.74, 6) is -2.16. The number of halogens is 3. The van der Waals surface area contributed by atoms with Gasteiger partial charge < -0.3 is 15.4 Å². The van der Waals surface area contributed by atoms with Crippen molar-refractivity contribution in [3.8, 4) is 11.3 Å². The number of hydrogen-bond donors (Lipinski definition) is 3. The van der Waals surface area contributed by atoms with Gasteiger partial charge in [0.15, 0.2) is 0 Å². The van der Waals surface area contributed by atoms with Gasteiger partial charge in [0.25, 0.3) is 0 Å². The molecule has 0 spiro atoms. The lowest BCUT2D eigenvalue weighted by molar-refractivity contribution is -0.129. The van der Waals surface area contributed by atoms with Crippen LogP contribution in [0.25, 0.3) is 22.2 Å². The number of aliphatic hydroxyl groups excluding tert-OH is 1. The molecule has 7 heteroatoms. The van der Waals surface area contributed by atoms with Gasteiger partial charge in [-0.05, 0) is 66.6 Å². The second-order valence-electron chi connectivity index (χ2n) is 7.89. The monoisotopic (exact) mass is 416 g/mol. The number of nitrogens with one attached hydrogen (secondary N) is 2. The average molecular weight is 416 g/mol. The van der Waals surface area contributed by atoms with E-state index in [4.69, 9.17) is 0 Å². The fraction of sp³-hybridized carbons (Fsp3) is 0.348. The van der Waals surface area contributed by atoms with Crippen LogP contribution < -0.4 is 5.32 Å².